The zero-order valence-electron chi connectivity index (χ0n) is 15.4. The van der Waals surface area contributed by atoms with E-state index in [0.717, 1.165) is 30.9 Å². The normalized spacial score (nSPS) is 17.1. The Morgan fingerprint density at radius 1 is 1.11 bits per heavy atom. The highest BCUT2D eigenvalue weighted by Crippen LogP contribution is 2.36. The van der Waals surface area contributed by atoms with Crippen LogP contribution in [0.5, 0.6) is 0 Å². The SMILES string of the molecule is CCN1Cc2cc(-c3cccnn3)ccc2C(c2ccc3cc[nH]c3c2)C1. The van der Waals surface area contributed by atoms with E-state index in [0.29, 0.717) is 5.92 Å². The van der Waals surface area contributed by atoms with Crippen LogP contribution in [-0.4, -0.2) is 33.2 Å². The van der Waals surface area contributed by atoms with Crippen molar-refractivity contribution in [3.63, 3.8) is 0 Å². The molecule has 27 heavy (non-hydrogen) atoms. The van der Waals surface area contributed by atoms with Crippen molar-refractivity contribution in [1.82, 2.24) is 20.1 Å². The van der Waals surface area contributed by atoms with E-state index in [1.807, 2.05) is 18.3 Å². The standard InChI is InChI=1S/C23H22N4/c1-2-27-14-19-12-18(22-4-3-10-25-26-22)7-8-20(19)21(15-27)17-6-5-16-9-11-24-23(16)13-17/h3-13,21,24H,2,14-15H2,1H3. The van der Waals surface area contributed by atoms with E-state index >= 15 is 0 Å². The molecule has 4 heteroatoms. The lowest BCUT2D eigenvalue weighted by atomic mass is 9.83. The second-order valence-electron chi connectivity index (χ2n) is 7.23. The smallest absolute Gasteiger partial charge is 0.0929 e. The maximum atomic E-state index is 4.27. The summed E-state index contributed by atoms with van der Waals surface area (Å²) < 4.78 is 0. The van der Waals surface area contributed by atoms with Gasteiger partial charge in [-0.2, -0.15) is 10.2 Å². The van der Waals surface area contributed by atoms with Crippen LogP contribution in [0, 0.1) is 0 Å². The molecular weight excluding hydrogens is 332 g/mol. The molecule has 1 aliphatic rings. The van der Waals surface area contributed by atoms with Crippen LogP contribution >= 0.6 is 0 Å². The number of H-pyrrole nitrogens is 1. The van der Waals surface area contributed by atoms with Crippen molar-refractivity contribution in [3.8, 4) is 11.3 Å². The zero-order valence-corrected chi connectivity index (χ0v) is 15.4. The highest BCUT2D eigenvalue weighted by molar-refractivity contribution is 5.80. The van der Waals surface area contributed by atoms with Gasteiger partial charge in [0.25, 0.3) is 0 Å². The van der Waals surface area contributed by atoms with E-state index in [2.05, 4.69) is 69.5 Å². The van der Waals surface area contributed by atoms with E-state index in [1.165, 1.54) is 27.6 Å². The zero-order chi connectivity index (χ0) is 18.2. The van der Waals surface area contributed by atoms with E-state index in [4.69, 9.17) is 0 Å². The average Bonchev–Trinajstić information content (AvgIpc) is 3.21. The molecule has 3 heterocycles. The lowest BCUT2D eigenvalue weighted by molar-refractivity contribution is 0.253. The Morgan fingerprint density at radius 3 is 2.93 bits per heavy atom. The molecule has 0 fully saturated rings. The molecule has 134 valence electrons. The summed E-state index contributed by atoms with van der Waals surface area (Å²) in [6, 6.07) is 19.7. The number of rotatable bonds is 3. The Hall–Kier alpha value is -2.98. The first-order valence-electron chi connectivity index (χ1n) is 9.52. The lowest BCUT2D eigenvalue weighted by Gasteiger charge is -2.34. The summed E-state index contributed by atoms with van der Waals surface area (Å²) in [5.41, 5.74) is 7.47. The number of likely N-dealkylation sites (N-methyl/N-ethyl adjacent to an activating group) is 1. The van der Waals surface area contributed by atoms with Crippen molar-refractivity contribution in [2.45, 2.75) is 19.4 Å². The number of nitrogens with one attached hydrogen (secondary N) is 1. The summed E-state index contributed by atoms with van der Waals surface area (Å²) in [5.74, 6) is 0.386. The molecule has 0 spiro atoms. The third-order valence-electron chi connectivity index (χ3n) is 5.65. The average molecular weight is 354 g/mol. The van der Waals surface area contributed by atoms with Gasteiger partial charge in [-0.1, -0.05) is 31.2 Å². The molecule has 1 N–H and O–H groups in total. The van der Waals surface area contributed by atoms with E-state index in [-0.39, 0.29) is 0 Å². The third-order valence-corrected chi connectivity index (χ3v) is 5.65. The van der Waals surface area contributed by atoms with Gasteiger partial charge >= 0.3 is 0 Å². The molecule has 4 aromatic rings. The first kappa shape index (κ1) is 16.2. The maximum Gasteiger partial charge on any atom is 0.0929 e. The number of benzene rings is 2. The van der Waals surface area contributed by atoms with Crippen LogP contribution in [0.25, 0.3) is 22.2 Å². The number of hydrogen-bond donors (Lipinski definition) is 1. The summed E-state index contributed by atoms with van der Waals surface area (Å²) in [6.07, 6.45) is 3.72. The largest absolute Gasteiger partial charge is 0.361 e. The molecule has 2 aromatic carbocycles. The summed E-state index contributed by atoms with van der Waals surface area (Å²) in [5, 5.41) is 9.57. The maximum absolute atomic E-state index is 4.27. The van der Waals surface area contributed by atoms with Crippen molar-refractivity contribution < 1.29 is 0 Å². The number of hydrogen-bond acceptors (Lipinski definition) is 3. The molecule has 5 rings (SSSR count). The minimum Gasteiger partial charge on any atom is -0.361 e. The number of nitrogens with zero attached hydrogens (tertiary/aromatic N) is 3. The fourth-order valence-electron chi connectivity index (χ4n) is 4.17. The van der Waals surface area contributed by atoms with Crippen molar-refractivity contribution in [2.24, 2.45) is 0 Å². The summed E-state index contributed by atoms with van der Waals surface area (Å²) in [6.45, 7) is 5.33. The van der Waals surface area contributed by atoms with Gasteiger partial charge in [-0.05, 0) is 59.0 Å². The Labute approximate surface area is 158 Å². The first-order chi connectivity index (χ1) is 13.3. The monoisotopic (exact) mass is 354 g/mol. The van der Waals surface area contributed by atoms with Crippen LogP contribution in [0.3, 0.4) is 0 Å². The molecule has 0 saturated heterocycles. The predicted molar refractivity (Wildman–Crippen MR) is 109 cm³/mol. The van der Waals surface area contributed by atoms with Gasteiger partial charge in [0, 0.05) is 42.5 Å². The van der Waals surface area contributed by atoms with Gasteiger partial charge in [0.1, 0.15) is 0 Å². The van der Waals surface area contributed by atoms with Crippen molar-refractivity contribution in [2.75, 3.05) is 13.1 Å². The molecule has 4 nitrogen and oxygen atoms in total. The Bertz CT molecular complexity index is 1080. The van der Waals surface area contributed by atoms with Crippen LogP contribution in [-0.2, 0) is 6.54 Å². The van der Waals surface area contributed by atoms with E-state index in [9.17, 15) is 0 Å². The van der Waals surface area contributed by atoms with Crippen LogP contribution in [0.15, 0.2) is 67.0 Å². The second kappa shape index (κ2) is 6.63. The highest BCUT2D eigenvalue weighted by atomic mass is 15.1. The lowest BCUT2D eigenvalue weighted by Crippen LogP contribution is -2.33. The fraction of sp³-hybridized carbons (Fsp3) is 0.217. The Morgan fingerprint density at radius 2 is 2.07 bits per heavy atom. The summed E-state index contributed by atoms with van der Waals surface area (Å²) in [7, 11) is 0. The second-order valence-corrected chi connectivity index (χ2v) is 7.23. The number of fused-ring (bicyclic) bond motifs is 2. The Kier molecular flexibility index (Phi) is 3.98. The van der Waals surface area contributed by atoms with Crippen LogP contribution in [0.2, 0.25) is 0 Å². The molecule has 0 radical (unpaired) electrons. The molecule has 1 atom stereocenters. The molecule has 0 aliphatic carbocycles. The quantitative estimate of drug-likeness (QED) is 0.585. The predicted octanol–water partition coefficient (Wildman–Crippen LogP) is 4.59. The van der Waals surface area contributed by atoms with Gasteiger partial charge in [-0.3, -0.25) is 4.90 Å². The Balaban J connectivity index is 1.59. The molecule has 0 bridgehead atoms. The van der Waals surface area contributed by atoms with Gasteiger partial charge in [0.15, 0.2) is 0 Å². The van der Waals surface area contributed by atoms with Gasteiger partial charge in [-0.15, -0.1) is 0 Å². The van der Waals surface area contributed by atoms with Crippen LogP contribution < -0.4 is 0 Å². The first-order valence-corrected chi connectivity index (χ1v) is 9.52. The van der Waals surface area contributed by atoms with Gasteiger partial charge in [0.2, 0.25) is 0 Å². The van der Waals surface area contributed by atoms with Gasteiger partial charge in [0.05, 0.1) is 5.69 Å². The summed E-state index contributed by atoms with van der Waals surface area (Å²) >= 11 is 0. The minimum absolute atomic E-state index is 0.386. The molecule has 2 aromatic heterocycles. The molecule has 0 saturated carbocycles. The topological polar surface area (TPSA) is 44.8 Å². The van der Waals surface area contributed by atoms with E-state index in [1.54, 1.807) is 6.20 Å². The van der Waals surface area contributed by atoms with Crippen molar-refractivity contribution in [1.29, 1.82) is 0 Å². The highest BCUT2D eigenvalue weighted by Gasteiger charge is 2.26. The molecule has 0 amide bonds. The molecule has 1 unspecified atom stereocenters. The van der Waals surface area contributed by atoms with Crippen LogP contribution in [0.1, 0.15) is 29.5 Å². The fourth-order valence-corrected chi connectivity index (χ4v) is 4.17. The van der Waals surface area contributed by atoms with Crippen molar-refractivity contribution >= 4 is 10.9 Å². The molecular formula is C23H22N4. The number of aromatic nitrogens is 3. The summed E-state index contributed by atoms with van der Waals surface area (Å²) in [4.78, 5) is 5.87. The minimum atomic E-state index is 0.386. The van der Waals surface area contributed by atoms with Gasteiger partial charge < -0.3 is 4.98 Å². The van der Waals surface area contributed by atoms with E-state index < -0.39 is 0 Å². The van der Waals surface area contributed by atoms with Gasteiger partial charge in [-0.25, -0.2) is 0 Å². The molecule has 1 aliphatic heterocycles. The third kappa shape index (κ3) is 2.92. The number of aromatic amines is 1. The van der Waals surface area contributed by atoms with Crippen LogP contribution in [0.4, 0.5) is 0 Å². The van der Waals surface area contributed by atoms with Crippen molar-refractivity contribution in [3.05, 3.63) is 83.7 Å².